The normalized spacial score (nSPS) is 37.6. The van der Waals surface area contributed by atoms with Crippen molar-refractivity contribution in [3.05, 3.63) is 0 Å². The Morgan fingerprint density at radius 3 is 2.38 bits per heavy atom. The van der Waals surface area contributed by atoms with Gasteiger partial charge in [-0.2, -0.15) is 0 Å². The van der Waals surface area contributed by atoms with Crippen LogP contribution in [0.15, 0.2) is 0 Å². The minimum atomic E-state index is 0.0503. The van der Waals surface area contributed by atoms with E-state index in [1.807, 2.05) is 0 Å². The molecule has 3 aliphatic rings. The average Bonchev–Trinajstić information content (AvgIpc) is 2.85. The second-order valence-corrected chi connectivity index (χ2v) is 8.69. The molecule has 0 radical (unpaired) electrons. The van der Waals surface area contributed by atoms with Gasteiger partial charge < -0.3 is 10.6 Å². The van der Waals surface area contributed by atoms with Gasteiger partial charge >= 0.3 is 0 Å². The SMILES string of the molecule is CC1(C)C(CNC(=O)C2CCC3CCCCC3N2)C1(C)C. The molecule has 0 aromatic heterocycles. The fourth-order valence-electron chi connectivity index (χ4n) is 4.87. The van der Waals surface area contributed by atoms with Crippen LogP contribution >= 0.6 is 0 Å². The highest BCUT2D eigenvalue weighted by Gasteiger charge is 2.64. The first-order valence-electron chi connectivity index (χ1n) is 8.88. The Bertz CT molecular complexity index is 401. The van der Waals surface area contributed by atoms with Crippen LogP contribution in [-0.4, -0.2) is 24.5 Å². The Labute approximate surface area is 129 Å². The van der Waals surface area contributed by atoms with Crippen LogP contribution in [-0.2, 0) is 4.79 Å². The zero-order chi connectivity index (χ0) is 15.3. The van der Waals surface area contributed by atoms with E-state index in [0.29, 0.717) is 22.8 Å². The lowest BCUT2D eigenvalue weighted by molar-refractivity contribution is -0.124. The topological polar surface area (TPSA) is 41.1 Å². The van der Waals surface area contributed by atoms with Crippen LogP contribution < -0.4 is 10.6 Å². The van der Waals surface area contributed by atoms with Gasteiger partial charge in [0.1, 0.15) is 0 Å². The first kappa shape index (κ1) is 15.3. The van der Waals surface area contributed by atoms with Gasteiger partial charge in [-0.15, -0.1) is 0 Å². The van der Waals surface area contributed by atoms with Crippen molar-refractivity contribution in [3.63, 3.8) is 0 Å². The third kappa shape index (κ3) is 2.62. The van der Waals surface area contributed by atoms with Crippen LogP contribution in [0.1, 0.15) is 66.2 Å². The number of fused-ring (bicyclic) bond motifs is 1. The van der Waals surface area contributed by atoms with E-state index in [-0.39, 0.29) is 11.9 Å². The highest BCUT2D eigenvalue weighted by atomic mass is 16.2. The van der Waals surface area contributed by atoms with Gasteiger partial charge in [-0.25, -0.2) is 0 Å². The second kappa shape index (κ2) is 5.26. The third-order valence-electron chi connectivity index (χ3n) is 7.27. The summed E-state index contributed by atoms with van der Waals surface area (Å²) >= 11 is 0. The molecule has 1 amide bonds. The van der Waals surface area contributed by atoms with Crippen molar-refractivity contribution in [3.8, 4) is 0 Å². The molecule has 0 spiro atoms. The van der Waals surface area contributed by atoms with E-state index in [1.54, 1.807) is 0 Å². The summed E-state index contributed by atoms with van der Waals surface area (Å²) in [4.78, 5) is 12.5. The van der Waals surface area contributed by atoms with Gasteiger partial charge in [0.15, 0.2) is 0 Å². The largest absolute Gasteiger partial charge is 0.354 e. The highest BCUT2D eigenvalue weighted by Crippen LogP contribution is 2.67. The molecule has 120 valence electrons. The molecule has 3 heteroatoms. The number of rotatable bonds is 3. The molecule has 3 rings (SSSR count). The molecule has 0 bridgehead atoms. The van der Waals surface area contributed by atoms with Crippen LogP contribution in [0.2, 0.25) is 0 Å². The number of piperidine rings is 1. The summed E-state index contributed by atoms with van der Waals surface area (Å²) in [6.45, 7) is 10.1. The molecule has 2 saturated carbocycles. The summed E-state index contributed by atoms with van der Waals surface area (Å²) in [6.07, 6.45) is 7.58. The van der Waals surface area contributed by atoms with Crippen molar-refractivity contribution < 1.29 is 4.79 Å². The zero-order valence-electron chi connectivity index (χ0n) is 14.2. The summed E-state index contributed by atoms with van der Waals surface area (Å²) in [7, 11) is 0. The minimum Gasteiger partial charge on any atom is -0.354 e. The standard InChI is InChI=1S/C18H32N2O/c1-17(2)15(18(17,3)4)11-19-16(21)14-10-9-12-7-5-6-8-13(12)20-14/h12-15,20H,5-11H2,1-4H3,(H,19,21). The Hall–Kier alpha value is -0.570. The first-order chi connectivity index (χ1) is 9.84. The van der Waals surface area contributed by atoms with E-state index < -0.39 is 0 Å². The van der Waals surface area contributed by atoms with Gasteiger partial charge in [-0.05, 0) is 48.3 Å². The monoisotopic (exact) mass is 292 g/mol. The quantitative estimate of drug-likeness (QED) is 0.839. The molecule has 1 heterocycles. The predicted molar refractivity (Wildman–Crippen MR) is 86.0 cm³/mol. The Morgan fingerprint density at radius 2 is 1.71 bits per heavy atom. The van der Waals surface area contributed by atoms with Crippen LogP contribution in [0.5, 0.6) is 0 Å². The Morgan fingerprint density at radius 1 is 1.05 bits per heavy atom. The third-order valence-corrected chi connectivity index (χ3v) is 7.27. The molecule has 0 aromatic rings. The lowest BCUT2D eigenvalue weighted by Crippen LogP contribution is -2.55. The smallest absolute Gasteiger partial charge is 0.237 e. The van der Waals surface area contributed by atoms with Crippen molar-refractivity contribution in [1.82, 2.24) is 10.6 Å². The maximum atomic E-state index is 12.5. The van der Waals surface area contributed by atoms with E-state index in [2.05, 4.69) is 38.3 Å². The summed E-state index contributed by atoms with van der Waals surface area (Å²) in [5, 5.41) is 6.85. The molecule has 3 nitrogen and oxygen atoms in total. The van der Waals surface area contributed by atoms with Crippen molar-refractivity contribution >= 4 is 5.91 Å². The van der Waals surface area contributed by atoms with E-state index in [9.17, 15) is 4.79 Å². The Kier molecular flexibility index (Phi) is 3.84. The van der Waals surface area contributed by atoms with Gasteiger partial charge in [0.25, 0.3) is 0 Å². The number of amides is 1. The predicted octanol–water partition coefficient (Wildman–Crippen LogP) is 3.10. The molecule has 3 unspecified atom stereocenters. The van der Waals surface area contributed by atoms with Gasteiger partial charge in [0.2, 0.25) is 5.91 Å². The molecule has 21 heavy (non-hydrogen) atoms. The molecule has 1 saturated heterocycles. The van der Waals surface area contributed by atoms with Crippen molar-refractivity contribution in [2.45, 2.75) is 78.3 Å². The number of carbonyl (C=O) groups is 1. The maximum absolute atomic E-state index is 12.5. The molecule has 0 aromatic carbocycles. The van der Waals surface area contributed by atoms with Crippen LogP contribution in [0.4, 0.5) is 0 Å². The average molecular weight is 292 g/mol. The zero-order valence-corrected chi connectivity index (χ0v) is 14.2. The fraction of sp³-hybridized carbons (Fsp3) is 0.944. The van der Waals surface area contributed by atoms with E-state index in [0.717, 1.165) is 18.9 Å². The van der Waals surface area contributed by atoms with Crippen LogP contribution in [0, 0.1) is 22.7 Å². The molecule has 2 N–H and O–H groups in total. The van der Waals surface area contributed by atoms with Gasteiger partial charge in [-0.1, -0.05) is 40.5 Å². The van der Waals surface area contributed by atoms with Crippen molar-refractivity contribution in [1.29, 1.82) is 0 Å². The molecule has 3 atom stereocenters. The van der Waals surface area contributed by atoms with E-state index in [1.165, 1.54) is 32.1 Å². The number of carbonyl (C=O) groups excluding carboxylic acids is 1. The summed E-state index contributed by atoms with van der Waals surface area (Å²) in [5.74, 6) is 1.67. The first-order valence-corrected chi connectivity index (χ1v) is 8.88. The summed E-state index contributed by atoms with van der Waals surface area (Å²) in [6, 6.07) is 0.645. The lowest BCUT2D eigenvalue weighted by Gasteiger charge is -2.39. The minimum absolute atomic E-state index is 0.0503. The number of hydrogen-bond acceptors (Lipinski definition) is 2. The van der Waals surface area contributed by atoms with E-state index in [4.69, 9.17) is 0 Å². The second-order valence-electron chi connectivity index (χ2n) is 8.69. The van der Waals surface area contributed by atoms with Gasteiger partial charge in [-0.3, -0.25) is 4.79 Å². The molecular formula is C18H32N2O. The van der Waals surface area contributed by atoms with Crippen molar-refractivity contribution in [2.24, 2.45) is 22.7 Å². The van der Waals surface area contributed by atoms with E-state index >= 15 is 0 Å². The van der Waals surface area contributed by atoms with Crippen molar-refractivity contribution in [2.75, 3.05) is 6.54 Å². The summed E-state index contributed by atoms with van der Waals surface area (Å²) in [5.41, 5.74) is 0.712. The fourth-order valence-corrected chi connectivity index (χ4v) is 4.87. The molecule has 2 aliphatic carbocycles. The maximum Gasteiger partial charge on any atom is 0.237 e. The van der Waals surface area contributed by atoms with Crippen LogP contribution in [0.3, 0.4) is 0 Å². The van der Waals surface area contributed by atoms with Crippen LogP contribution in [0.25, 0.3) is 0 Å². The molecule has 3 fully saturated rings. The summed E-state index contributed by atoms with van der Waals surface area (Å²) < 4.78 is 0. The number of nitrogens with one attached hydrogen (secondary N) is 2. The van der Waals surface area contributed by atoms with Gasteiger partial charge in [0.05, 0.1) is 6.04 Å². The Balaban J connectivity index is 1.48. The van der Waals surface area contributed by atoms with Gasteiger partial charge in [0, 0.05) is 12.6 Å². The lowest BCUT2D eigenvalue weighted by atomic mass is 9.77. The molecule has 1 aliphatic heterocycles. The highest BCUT2D eigenvalue weighted by molar-refractivity contribution is 5.82. The number of hydrogen-bond donors (Lipinski definition) is 2. The molecular weight excluding hydrogens is 260 g/mol.